The van der Waals surface area contributed by atoms with Crippen molar-refractivity contribution in [3.63, 3.8) is 0 Å². The number of hydrogen-bond acceptors (Lipinski definition) is 1. The normalized spacial score (nSPS) is 25.4. The van der Waals surface area contributed by atoms with Gasteiger partial charge < -0.3 is 5.32 Å². The van der Waals surface area contributed by atoms with Crippen LogP contribution in [0.15, 0.2) is 143 Å². The van der Waals surface area contributed by atoms with Crippen LogP contribution < -0.4 is 5.32 Å². The van der Waals surface area contributed by atoms with Crippen LogP contribution in [0.4, 0.5) is 0 Å². The van der Waals surface area contributed by atoms with Crippen molar-refractivity contribution >= 4 is 44.5 Å². The topological polar surface area (TPSA) is 12.0 Å². The second-order valence-corrected chi connectivity index (χ2v) is 19.1. The Labute approximate surface area is 357 Å². The van der Waals surface area contributed by atoms with E-state index in [1.165, 1.54) is 116 Å². The van der Waals surface area contributed by atoms with E-state index in [-0.39, 0.29) is 5.92 Å². The van der Waals surface area contributed by atoms with Gasteiger partial charge in [-0.05, 0) is 189 Å². The van der Waals surface area contributed by atoms with Gasteiger partial charge in [0.15, 0.2) is 0 Å². The van der Waals surface area contributed by atoms with Crippen LogP contribution >= 0.6 is 0 Å². The van der Waals surface area contributed by atoms with E-state index in [2.05, 4.69) is 182 Å². The molecule has 1 aliphatic heterocycles. The zero-order valence-electron chi connectivity index (χ0n) is 36.6. The first-order chi connectivity index (χ1) is 29.1. The maximum absolute atomic E-state index is 3.85. The molecule has 1 heterocycles. The van der Waals surface area contributed by atoms with Crippen LogP contribution in [0.25, 0.3) is 55.6 Å². The van der Waals surface area contributed by atoms with Gasteiger partial charge in [-0.2, -0.15) is 0 Å². The summed E-state index contributed by atoms with van der Waals surface area (Å²) in [5.41, 5.74) is 25.9. The molecular weight excluding hydrogens is 723 g/mol. The van der Waals surface area contributed by atoms with Gasteiger partial charge in [-0.25, -0.2) is 0 Å². The van der Waals surface area contributed by atoms with Crippen molar-refractivity contribution in [1.29, 1.82) is 0 Å². The van der Waals surface area contributed by atoms with Gasteiger partial charge in [-0.15, -0.1) is 0 Å². The largest absolute Gasteiger partial charge is 0.380 e. The molecule has 60 heavy (non-hydrogen) atoms. The summed E-state index contributed by atoms with van der Waals surface area (Å²) in [6.07, 6.45) is 21.6. The minimum absolute atomic E-state index is 0.259. The summed E-state index contributed by atoms with van der Waals surface area (Å²) < 4.78 is 0. The number of nitrogens with one attached hydrogen (secondary N) is 1. The molecule has 0 saturated carbocycles. The number of rotatable bonds is 4. The predicted molar refractivity (Wildman–Crippen MR) is 258 cm³/mol. The summed E-state index contributed by atoms with van der Waals surface area (Å²) >= 11 is 0. The van der Waals surface area contributed by atoms with E-state index in [9.17, 15) is 0 Å². The molecule has 3 unspecified atom stereocenters. The summed E-state index contributed by atoms with van der Waals surface area (Å²) in [6, 6.07) is 28.3. The molecule has 0 aromatic heterocycles. The van der Waals surface area contributed by atoms with E-state index in [4.69, 9.17) is 0 Å². The monoisotopic (exact) mass is 779 g/mol. The SMILES string of the molecule is CC1=C[C@H](C)C(C)C(c2c3c(c([C@H]4C(C)=C(C)C=C(C)C4C)c4ccc(C5=Cc6ccccc6CN5)cc24)-c2cc4ccccc4c4c2C3=CCC4[C@H]2C=CC=CC2)=C1C. The van der Waals surface area contributed by atoms with Gasteiger partial charge in [0.05, 0.1) is 0 Å². The highest BCUT2D eigenvalue weighted by Gasteiger charge is 2.43. The third-order valence-corrected chi connectivity index (χ3v) is 15.9. The first-order valence-electron chi connectivity index (χ1n) is 22.6. The molecule has 5 aromatic rings. The molecule has 6 atom stereocenters. The van der Waals surface area contributed by atoms with Crippen LogP contribution in [-0.4, -0.2) is 0 Å². The number of hydrogen-bond donors (Lipinski definition) is 1. The van der Waals surface area contributed by atoms with Crippen molar-refractivity contribution in [2.24, 2.45) is 23.7 Å². The lowest BCUT2D eigenvalue weighted by Gasteiger charge is -2.36. The number of fused-ring (bicyclic) bond motifs is 7. The highest BCUT2D eigenvalue weighted by Crippen LogP contribution is 2.62. The summed E-state index contributed by atoms with van der Waals surface area (Å²) in [5.74, 6) is 2.34. The fourth-order valence-corrected chi connectivity index (χ4v) is 12.3. The average molecular weight is 780 g/mol. The minimum atomic E-state index is 0.259. The fourth-order valence-electron chi connectivity index (χ4n) is 12.3. The van der Waals surface area contributed by atoms with Crippen molar-refractivity contribution in [2.75, 3.05) is 0 Å². The molecule has 0 radical (unpaired) electrons. The standard InChI is InChI=1S/C59H57N/c1-32-26-33(2)37(6)52(36(32)5)56-47-23-22-43(51-30-41-18-12-13-20-44(41)31-60-51)29-49(47)58(53-38(7)34(3)27-35(4)39(53)8)57-48-25-24-46(40-16-10-9-11-17-40)54-45-21-15-14-19-42(45)28-50(55(48)54)59(56)57/h9-16,18-23,25-30,34,36,38,40,46,52,60H,17,24,31H2,1-8H3/t34-,36?,38?,40-,46?,52+/m0/s1. The molecule has 5 aliphatic carbocycles. The smallest absolute Gasteiger partial charge is 0.0422 e. The van der Waals surface area contributed by atoms with Crippen LogP contribution in [0, 0.1) is 23.7 Å². The molecule has 11 rings (SSSR count). The highest BCUT2D eigenvalue weighted by molar-refractivity contribution is 6.18. The Hall–Kier alpha value is -5.66. The first kappa shape index (κ1) is 37.3. The summed E-state index contributed by atoms with van der Waals surface area (Å²) in [5, 5.41) is 9.46. The van der Waals surface area contributed by atoms with Crippen molar-refractivity contribution < 1.29 is 0 Å². The molecule has 0 spiro atoms. The Bertz CT molecular complexity index is 2980. The number of allylic oxidation sites excluding steroid dienone is 13. The second-order valence-electron chi connectivity index (χ2n) is 19.1. The lowest BCUT2D eigenvalue weighted by Crippen LogP contribution is -2.20. The molecule has 1 N–H and O–H groups in total. The zero-order valence-corrected chi connectivity index (χ0v) is 36.6. The Morgan fingerprint density at radius 2 is 1.50 bits per heavy atom. The van der Waals surface area contributed by atoms with E-state index in [1.807, 2.05) is 0 Å². The van der Waals surface area contributed by atoms with E-state index in [1.54, 1.807) is 5.56 Å². The minimum Gasteiger partial charge on any atom is -0.380 e. The second kappa shape index (κ2) is 14.0. The zero-order chi connectivity index (χ0) is 41.1. The van der Waals surface area contributed by atoms with E-state index in [0.717, 1.165) is 19.4 Å². The van der Waals surface area contributed by atoms with Crippen LogP contribution in [0.2, 0.25) is 0 Å². The van der Waals surface area contributed by atoms with Gasteiger partial charge in [-0.1, -0.05) is 146 Å². The summed E-state index contributed by atoms with van der Waals surface area (Å²) in [4.78, 5) is 0. The van der Waals surface area contributed by atoms with E-state index >= 15 is 0 Å². The van der Waals surface area contributed by atoms with Crippen LogP contribution in [0.5, 0.6) is 0 Å². The van der Waals surface area contributed by atoms with E-state index in [0.29, 0.717) is 29.6 Å². The molecule has 6 aliphatic rings. The van der Waals surface area contributed by atoms with Crippen LogP contribution in [0.3, 0.4) is 0 Å². The first-order valence-corrected chi connectivity index (χ1v) is 22.6. The predicted octanol–water partition coefficient (Wildman–Crippen LogP) is 15.6. The molecule has 5 aromatic carbocycles. The van der Waals surface area contributed by atoms with Crippen molar-refractivity contribution in [1.82, 2.24) is 5.32 Å². The summed E-state index contributed by atoms with van der Waals surface area (Å²) in [7, 11) is 0. The van der Waals surface area contributed by atoms with Gasteiger partial charge in [-0.3, -0.25) is 0 Å². The number of benzene rings is 5. The van der Waals surface area contributed by atoms with Crippen LogP contribution in [0.1, 0.15) is 125 Å². The van der Waals surface area contributed by atoms with Gasteiger partial charge in [0.1, 0.15) is 0 Å². The lowest BCUT2D eigenvalue weighted by atomic mass is 9.67. The van der Waals surface area contributed by atoms with Gasteiger partial charge >= 0.3 is 0 Å². The highest BCUT2D eigenvalue weighted by atomic mass is 14.9. The van der Waals surface area contributed by atoms with Gasteiger partial charge in [0, 0.05) is 18.2 Å². The Balaban J connectivity index is 1.31. The van der Waals surface area contributed by atoms with Crippen LogP contribution in [-0.2, 0) is 6.54 Å². The quantitative estimate of drug-likeness (QED) is 0.188. The maximum atomic E-state index is 3.85. The molecule has 0 amide bonds. The van der Waals surface area contributed by atoms with E-state index < -0.39 is 0 Å². The molecule has 1 heteroatoms. The molecule has 298 valence electrons. The Morgan fingerprint density at radius 1 is 0.683 bits per heavy atom. The third kappa shape index (κ3) is 5.43. The molecule has 0 bridgehead atoms. The lowest BCUT2D eigenvalue weighted by molar-refractivity contribution is 0.511. The third-order valence-electron chi connectivity index (χ3n) is 15.9. The average Bonchev–Trinajstić information content (AvgIpc) is 3.59. The molecule has 0 saturated heterocycles. The van der Waals surface area contributed by atoms with Gasteiger partial charge in [0.2, 0.25) is 0 Å². The maximum Gasteiger partial charge on any atom is 0.0422 e. The fraction of sp³-hybridized carbons (Fsp3) is 0.288. The summed E-state index contributed by atoms with van der Waals surface area (Å²) in [6.45, 7) is 20.1. The van der Waals surface area contributed by atoms with Gasteiger partial charge in [0.25, 0.3) is 0 Å². The molecule has 1 nitrogen and oxygen atoms in total. The Kier molecular flexibility index (Phi) is 8.68. The van der Waals surface area contributed by atoms with Crippen molar-refractivity contribution in [3.05, 3.63) is 188 Å². The Morgan fingerprint density at radius 3 is 2.33 bits per heavy atom. The molecule has 0 fully saturated rings. The van der Waals surface area contributed by atoms with Crippen molar-refractivity contribution in [2.45, 2.75) is 86.6 Å². The molecular formula is C59H57N. The van der Waals surface area contributed by atoms with Crippen molar-refractivity contribution in [3.8, 4) is 11.1 Å².